The van der Waals surface area contributed by atoms with Crippen LogP contribution in [0.4, 0.5) is 4.79 Å². The number of ether oxygens (including phenoxy) is 1. The number of carbonyl (C=O) groups excluding carboxylic acids is 1. The van der Waals surface area contributed by atoms with E-state index >= 15 is 0 Å². The Balaban J connectivity index is 2.01. The fourth-order valence-corrected chi connectivity index (χ4v) is 2.83. The zero-order valence-corrected chi connectivity index (χ0v) is 15.3. The lowest BCUT2D eigenvalue weighted by atomic mass is 10.1. The van der Waals surface area contributed by atoms with E-state index in [1.165, 1.54) is 7.05 Å². The van der Waals surface area contributed by atoms with Crippen LogP contribution in [0.3, 0.4) is 0 Å². The number of carboxylic acids is 1. The van der Waals surface area contributed by atoms with Gasteiger partial charge in [-0.15, -0.1) is 0 Å². The molecule has 0 saturated carbocycles. The number of rotatable bonds is 6. The highest BCUT2D eigenvalue weighted by molar-refractivity contribution is 14.1. The molecule has 0 saturated heterocycles. The second kappa shape index (κ2) is 8.68. The van der Waals surface area contributed by atoms with Crippen molar-refractivity contribution >= 4 is 34.7 Å². The summed E-state index contributed by atoms with van der Waals surface area (Å²) in [5.41, 5.74) is 1.71. The molecule has 2 aromatic carbocycles. The van der Waals surface area contributed by atoms with Crippen molar-refractivity contribution in [1.29, 1.82) is 0 Å². The van der Waals surface area contributed by atoms with E-state index in [-0.39, 0.29) is 13.0 Å². The van der Waals surface area contributed by atoms with Gasteiger partial charge >= 0.3 is 12.1 Å². The van der Waals surface area contributed by atoms with E-state index in [9.17, 15) is 14.7 Å². The molecule has 0 radical (unpaired) electrons. The molecule has 0 heterocycles. The van der Waals surface area contributed by atoms with Crippen molar-refractivity contribution in [3.63, 3.8) is 0 Å². The van der Waals surface area contributed by atoms with E-state index in [0.717, 1.165) is 19.6 Å². The van der Waals surface area contributed by atoms with Gasteiger partial charge in [-0.1, -0.05) is 42.5 Å². The average Bonchev–Trinajstić information content (AvgIpc) is 2.57. The van der Waals surface area contributed by atoms with Gasteiger partial charge < -0.3 is 9.84 Å². The zero-order chi connectivity index (χ0) is 17.5. The monoisotopic (exact) mass is 439 g/mol. The number of amides is 1. The molecule has 24 heavy (non-hydrogen) atoms. The van der Waals surface area contributed by atoms with E-state index in [1.54, 1.807) is 0 Å². The highest BCUT2D eigenvalue weighted by Crippen LogP contribution is 2.13. The largest absolute Gasteiger partial charge is 0.480 e. The van der Waals surface area contributed by atoms with Gasteiger partial charge in [-0.3, -0.25) is 4.90 Å². The van der Waals surface area contributed by atoms with Crippen LogP contribution >= 0.6 is 22.6 Å². The third-order valence-electron chi connectivity index (χ3n) is 3.56. The quantitative estimate of drug-likeness (QED) is 0.700. The fraction of sp³-hybridized carbons (Fsp3) is 0.222. The topological polar surface area (TPSA) is 66.8 Å². The minimum absolute atomic E-state index is 0.111. The normalized spacial score (nSPS) is 11.6. The number of benzene rings is 2. The van der Waals surface area contributed by atoms with Gasteiger partial charge in [-0.2, -0.15) is 0 Å². The summed E-state index contributed by atoms with van der Waals surface area (Å²) in [6.45, 7) is 0.111. The molecule has 126 valence electrons. The van der Waals surface area contributed by atoms with Crippen LogP contribution in [0.5, 0.6) is 0 Å². The van der Waals surface area contributed by atoms with E-state index in [2.05, 4.69) is 22.6 Å². The summed E-state index contributed by atoms with van der Waals surface area (Å²) in [6, 6.07) is 15.8. The number of carboxylic acid groups (broad SMARTS) is 1. The van der Waals surface area contributed by atoms with Crippen molar-refractivity contribution in [3.05, 3.63) is 69.3 Å². The van der Waals surface area contributed by atoms with Crippen molar-refractivity contribution in [1.82, 2.24) is 4.90 Å². The summed E-state index contributed by atoms with van der Waals surface area (Å²) in [5.74, 6) is -1.06. The van der Waals surface area contributed by atoms with Crippen LogP contribution in [0.2, 0.25) is 0 Å². The molecule has 6 heteroatoms. The van der Waals surface area contributed by atoms with E-state index in [4.69, 9.17) is 4.74 Å². The summed E-state index contributed by atoms with van der Waals surface area (Å²) >= 11 is 2.17. The molecule has 2 rings (SSSR count). The van der Waals surface area contributed by atoms with Gasteiger partial charge in [0.2, 0.25) is 0 Å². The summed E-state index contributed by atoms with van der Waals surface area (Å²) in [6.07, 6.45) is -0.430. The van der Waals surface area contributed by atoms with Gasteiger partial charge in [-0.05, 0) is 45.9 Å². The van der Waals surface area contributed by atoms with Gasteiger partial charge in [0.1, 0.15) is 12.6 Å². The molecule has 1 unspecified atom stereocenters. The van der Waals surface area contributed by atoms with Crippen LogP contribution in [-0.2, 0) is 22.6 Å². The SMILES string of the molecule is CN(C(=O)OCc1ccccc1)C(Cc1cccc(I)c1)C(=O)O. The number of aliphatic carboxylic acids is 1. The van der Waals surface area contributed by atoms with Crippen molar-refractivity contribution in [3.8, 4) is 0 Å². The van der Waals surface area contributed by atoms with Crippen molar-refractivity contribution < 1.29 is 19.4 Å². The first-order valence-electron chi connectivity index (χ1n) is 7.38. The Hall–Kier alpha value is -2.09. The maximum absolute atomic E-state index is 12.2. The Morgan fingerprint density at radius 2 is 1.79 bits per heavy atom. The molecule has 0 aromatic heterocycles. The Bertz CT molecular complexity index is 705. The second-order valence-electron chi connectivity index (χ2n) is 5.34. The maximum Gasteiger partial charge on any atom is 0.410 e. The molecule has 1 N–H and O–H groups in total. The lowest BCUT2D eigenvalue weighted by molar-refractivity contribution is -0.142. The number of carbonyl (C=O) groups is 2. The summed E-state index contributed by atoms with van der Waals surface area (Å²) in [5, 5.41) is 9.46. The minimum atomic E-state index is -1.06. The van der Waals surface area contributed by atoms with Crippen LogP contribution in [0.1, 0.15) is 11.1 Å². The molecular weight excluding hydrogens is 421 g/mol. The van der Waals surface area contributed by atoms with Gasteiger partial charge in [0.25, 0.3) is 0 Å². The van der Waals surface area contributed by atoms with Crippen LogP contribution < -0.4 is 0 Å². The number of nitrogens with zero attached hydrogens (tertiary/aromatic N) is 1. The van der Waals surface area contributed by atoms with Crippen LogP contribution in [0.25, 0.3) is 0 Å². The van der Waals surface area contributed by atoms with Crippen molar-refractivity contribution in [2.45, 2.75) is 19.1 Å². The Kier molecular flexibility index (Phi) is 6.60. The standard InChI is InChI=1S/C18H18INO4/c1-20(18(23)24-12-13-6-3-2-4-7-13)16(17(21)22)11-14-8-5-9-15(19)10-14/h2-10,16H,11-12H2,1H3,(H,21,22). The highest BCUT2D eigenvalue weighted by Gasteiger charge is 2.28. The Morgan fingerprint density at radius 3 is 2.42 bits per heavy atom. The summed E-state index contributed by atoms with van der Waals surface area (Å²) in [4.78, 5) is 24.8. The molecule has 0 fully saturated rings. The average molecular weight is 439 g/mol. The molecule has 1 atom stereocenters. The van der Waals surface area contributed by atoms with Crippen molar-refractivity contribution in [2.75, 3.05) is 7.05 Å². The number of hydrogen-bond donors (Lipinski definition) is 1. The van der Waals surface area contributed by atoms with Crippen molar-refractivity contribution in [2.24, 2.45) is 0 Å². The Morgan fingerprint density at radius 1 is 1.12 bits per heavy atom. The highest BCUT2D eigenvalue weighted by atomic mass is 127. The predicted octanol–water partition coefficient (Wildman–Crippen LogP) is 3.56. The van der Waals surface area contributed by atoms with E-state index in [1.807, 2.05) is 54.6 Å². The third-order valence-corrected chi connectivity index (χ3v) is 4.23. The minimum Gasteiger partial charge on any atom is -0.480 e. The van der Waals surface area contributed by atoms with Gasteiger partial charge in [0.15, 0.2) is 0 Å². The molecule has 0 bridgehead atoms. The first-order chi connectivity index (χ1) is 11.5. The number of hydrogen-bond acceptors (Lipinski definition) is 3. The third kappa shape index (κ3) is 5.23. The van der Waals surface area contributed by atoms with Gasteiger partial charge in [0.05, 0.1) is 0 Å². The first kappa shape index (κ1) is 18.3. The fourth-order valence-electron chi connectivity index (χ4n) is 2.23. The zero-order valence-electron chi connectivity index (χ0n) is 13.2. The van der Waals surface area contributed by atoms with E-state index < -0.39 is 18.1 Å². The molecule has 5 nitrogen and oxygen atoms in total. The molecule has 1 amide bonds. The molecular formula is C18H18INO4. The lowest BCUT2D eigenvalue weighted by Gasteiger charge is -2.24. The summed E-state index contributed by atoms with van der Waals surface area (Å²) in [7, 11) is 1.44. The Labute approximate surface area is 154 Å². The molecule has 2 aromatic rings. The molecule has 0 aliphatic heterocycles. The van der Waals surface area contributed by atoms with Gasteiger partial charge in [0, 0.05) is 17.0 Å². The van der Waals surface area contributed by atoms with E-state index in [0.29, 0.717) is 0 Å². The smallest absolute Gasteiger partial charge is 0.410 e. The number of halogens is 1. The second-order valence-corrected chi connectivity index (χ2v) is 6.58. The molecule has 0 spiro atoms. The molecule has 0 aliphatic rings. The predicted molar refractivity (Wildman–Crippen MR) is 98.7 cm³/mol. The van der Waals surface area contributed by atoms with Crippen LogP contribution in [0.15, 0.2) is 54.6 Å². The first-order valence-corrected chi connectivity index (χ1v) is 8.46. The van der Waals surface area contributed by atoms with Crippen LogP contribution in [-0.4, -0.2) is 35.2 Å². The maximum atomic E-state index is 12.2. The number of likely N-dealkylation sites (N-methyl/N-ethyl adjacent to an activating group) is 1. The lowest BCUT2D eigenvalue weighted by Crippen LogP contribution is -2.44. The van der Waals surface area contributed by atoms with Gasteiger partial charge in [-0.25, -0.2) is 9.59 Å². The molecule has 0 aliphatic carbocycles. The summed E-state index contributed by atoms with van der Waals surface area (Å²) < 4.78 is 6.22. The van der Waals surface area contributed by atoms with Crippen LogP contribution in [0, 0.1) is 3.57 Å².